The van der Waals surface area contributed by atoms with Gasteiger partial charge in [0.1, 0.15) is 0 Å². The second-order valence-corrected chi connectivity index (χ2v) is 2.72. The van der Waals surface area contributed by atoms with Crippen molar-refractivity contribution in [3.63, 3.8) is 0 Å². The molecule has 0 unspecified atom stereocenters. The minimum Gasteiger partial charge on any atom is -1.00 e. The summed E-state index contributed by atoms with van der Waals surface area (Å²) in [7, 11) is -8.33. The Balaban J connectivity index is -0.000000127. The Morgan fingerprint density at radius 1 is 0.824 bits per heavy atom. The molecule has 2 heterocycles. The normalized spacial score (nSPS) is 17.3. The molecule has 10 nitrogen and oxygen atoms in total. The van der Waals surface area contributed by atoms with E-state index in [4.69, 9.17) is 24.1 Å². The first kappa shape index (κ1) is 20.9. The Hall–Kier alpha value is 1.60. The molecule has 2 fully saturated rings. The van der Waals surface area contributed by atoms with Crippen LogP contribution in [0.25, 0.3) is 0 Å². The molecule has 0 atom stereocenters. The summed E-state index contributed by atoms with van der Waals surface area (Å²) < 4.78 is 31.3. The molecule has 2 saturated heterocycles. The number of rotatable bonds is 0. The van der Waals surface area contributed by atoms with Crippen LogP contribution in [0, 0.1) is 0 Å². The average Bonchev–Trinajstić information content (AvgIpc) is 1.98. The van der Waals surface area contributed by atoms with Crippen LogP contribution >= 0.6 is 0 Å². The van der Waals surface area contributed by atoms with Gasteiger partial charge in [-0.25, -0.2) is 0 Å². The van der Waals surface area contributed by atoms with Crippen molar-refractivity contribution in [3.8, 4) is 0 Å². The van der Waals surface area contributed by atoms with E-state index in [0.29, 0.717) is 0 Å². The van der Waals surface area contributed by atoms with Crippen LogP contribution in [-0.4, -0.2) is 58.1 Å². The van der Waals surface area contributed by atoms with E-state index in [-0.39, 0.29) is 62.0 Å². The van der Waals surface area contributed by atoms with Crippen molar-refractivity contribution in [1.29, 1.82) is 0 Å². The van der Waals surface area contributed by atoms with Gasteiger partial charge in [0.2, 0.25) is 0 Å². The maximum absolute atomic E-state index is 8.74. The summed E-state index contributed by atoms with van der Waals surface area (Å²) in [5.74, 6) is 0. The van der Waals surface area contributed by atoms with Crippen molar-refractivity contribution in [1.82, 2.24) is 0 Å². The summed E-state index contributed by atoms with van der Waals surface area (Å²) in [4.78, 5) is 14.3. The third kappa shape index (κ3) is 9.18. The predicted molar refractivity (Wildman–Crippen MR) is 46.0 cm³/mol. The molecule has 4 N–H and O–H groups in total. The van der Waals surface area contributed by atoms with Crippen LogP contribution in [-0.2, 0) is 27.3 Å². The Labute approximate surface area is 146 Å². The number of hydrogen-bond acceptors (Lipinski definition) is 8. The molecule has 0 amide bonds. The minimum absolute atomic E-state index is 0. The fraction of sp³-hybridized carbons (Fsp3) is 0. The van der Waals surface area contributed by atoms with E-state index < -0.39 is 38.5 Å². The van der Waals surface area contributed by atoms with Gasteiger partial charge >= 0.3 is 97.6 Å². The zero-order valence-corrected chi connectivity index (χ0v) is 14.0. The van der Waals surface area contributed by atoms with Crippen molar-refractivity contribution < 1.29 is 109 Å². The average molecular weight is 283 g/mol. The molecule has 2 bridgehead atoms. The quantitative estimate of drug-likeness (QED) is 0.316. The van der Waals surface area contributed by atoms with Crippen LogP contribution in [0.3, 0.4) is 0 Å². The third-order valence-corrected chi connectivity index (χ3v) is 1.13. The SMILES string of the molecule is O=[Si](O)O.OB1OB2OB(O)OB(O1)O2.[H-].[H-].[Na+].[Na+]. The van der Waals surface area contributed by atoms with E-state index >= 15 is 0 Å². The predicted octanol–water partition coefficient (Wildman–Crippen LogP) is -10.4. The molecule has 2 aliphatic rings. The summed E-state index contributed by atoms with van der Waals surface area (Å²) >= 11 is 0. The van der Waals surface area contributed by atoms with E-state index in [1.54, 1.807) is 0 Å². The van der Waals surface area contributed by atoms with Crippen molar-refractivity contribution in [3.05, 3.63) is 0 Å². The van der Waals surface area contributed by atoms with Crippen LogP contribution in [0.4, 0.5) is 0 Å². The van der Waals surface area contributed by atoms with Crippen LogP contribution in [0.1, 0.15) is 2.85 Å². The molecule has 0 radical (unpaired) electrons. The van der Waals surface area contributed by atoms with E-state index in [1.165, 1.54) is 0 Å². The summed E-state index contributed by atoms with van der Waals surface area (Å²) in [6.45, 7) is 0. The molecule has 17 heavy (non-hydrogen) atoms. The Kier molecular flexibility index (Phi) is 12.8. The topological polar surface area (TPSA) is 144 Å². The molecular weight excluding hydrogens is 277 g/mol. The fourth-order valence-electron chi connectivity index (χ4n) is 0.728. The third-order valence-electron chi connectivity index (χ3n) is 1.13. The first-order valence-electron chi connectivity index (χ1n) is 3.52. The van der Waals surface area contributed by atoms with Gasteiger partial charge in [-0.2, -0.15) is 0 Å². The Bertz CT molecular complexity index is 202. The molecule has 2 aliphatic heterocycles. The van der Waals surface area contributed by atoms with Crippen molar-refractivity contribution in [2.45, 2.75) is 0 Å². The van der Waals surface area contributed by atoms with Gasteiger partial charge in [-0.15, -0.1) is 0 Å². The Morgan fingerprint density at radius 2 is 1.06 bits per heavy atom. The second-order valence-electron chi connectivity index (χ2n) is 2.15. The number of fused-ring (bicyclic) bond motifs is 2. The minimum atomic E-state index is -3.13. The summed E-state index contributed by atoms with van der Waals surface area (Å²) in [5, 5.41) is 17.5. The molecule has 0 aromatic carbocycles. The van der Waals surface area contributed by atoms with Gasteiger partial charge in [0, 0.05) is 0 Å². The molecule has 0 aromatic heterocycles. The van der Waals surface area contributed by atoms with Gasteiger partial charge in [-0.05, 0) is 0 Å². The van der Waals surface area contributed by atoms with Crippen molar-refractivity contribution in [2.24, 2.45) is 0 Å². The summed E-state index contributed by atoms with van der Waals surface area (Å²) in [6, 6.07) is 0. The molecule has 0 aromatic rings. The van der Waals surface area contributed by atoms with Crippen LogP contribution < -0.4 is 59.1 Å². The second kappa shape index (κ2) is 10.4. The first-order valence-corrected chi connectivity index (χ1v) is 4.83. The molecule has 0 aliphatic carbocycles. The van der Waals surface area contributed by atoms with Crippen molar-refractivity contribution >= 4 is 38.5 Å². The van der Waals surface area contributed by atoms with Crippen LogP contribution in [0.15, 0.2) is 0 Å². The first-order chi connectivity index (χ1) is 6.97. The Morgan fingerprint density at radius 3 is 1.29 bits per heavy atom. The van der Waals surface area contributed by atoms with E-state index in [1.807, 2.05) is 0 Å². The zero-order valence-electron chi connectivity index (χ0n) is 11.0. The summed E-state index contributed by atoms with van der Waals surface area (Å²) in [6.07, 6.45) is 0. The van der Waals surface area contributed by atoms with Gasteiger partial charge in [0.15, 0.2) is 0 Å². The van der Waals surface area contributed by atoms with Gasteiger partial charge in [0.05, 0.1) is 0 Å². The molecule has 0 saturated carbocycles. The van der Waals surface area contributed by atoms with Crippen molar-refractivity contribution in [2.75, 3.05) is 0 Å². The van der Waals surface area contributed by atoms with Gasteiger partial charge in [-0.1, -0.05) is 0 Å². The van der Waals surface area contributed by atoms with Crippen LogP contribution in [0.5, 0.6) is 0 Å². The largest absolute Gasteiger partial charge is 1.00 e. The maximum Gasteiger partial charge on any atom is 1.00 e. The van der Waals surface area contributed by atoms with E-state index in [9.17, 15) is 0 Å². The molecule has 0 spiro atoms. The van der Waals surface area contributed by atoms with E-state index in [0.717, 1.165) is 0 Å². The molecule has 17 heteroatoms. The number of hydrogen-bond donors (Lipinski definition) is 4. The molecule has 2 rings (SSSR count). The maximum atomic E-state index is 8.74. The smallest absolute Gasteiger partial charge is 1.00 e. The monoisotopic (exact) mass is 284 g/mol. The van der Waals surface area contributed by atoms with Gasteiger partial charge in [-0.3, -0.25) is 4.46 Å². The van der Waals surface area contributed by atoms with Gasteiger partial charge < -0.3 is 45.4 Å². The molecule has 84 valence electrons. The van der Waals surface area contributed by atoms with Crippen LogP contribution in [0.2, 0.25) is 0 Å². The fourth-order valence-corrected chi connectivity index (χ4v) is 0.728. The van der Waals surface area contributed by atoms with E-state index in [2.05, 4.69) is 22.9 Å². The van der Waals surface area contributed by atoms with Gasteiger partial charge in [0.25, 0.3) is 0 Å². The standard InChI is InChI=1S/B4H2O7.2Na.H2O3Si.2H/c5-1-7-3-9-2(6)10-4(8-1)11-3;;;1-4(2)3;;/h5-6H;;;1-2H;;/q;2*+1;;2*-1. The summed E-state index contributed by atoms with van der Waals surface area (Å²) in [5.41, 5.74) is 0. The zero-order chi connectivity index (χ0) is 11.4. The molecular formula is H6B4Na2O10Si.